The predicted molar refractivity (Wildman–Crippen MR) is 114 cm³/mol. The average molecular weight is 520 g/mol. The summed E-state index contributed by atoms with van der Waals surface area (Å²) < 4.78 is 15.0. The Hall–Kier alpha value is -2.55. The largest absolute Gasteiger partial charge is 0.359 e. The Balaban J connectivity index is 1.90. The monoisotopic (exact) mass is 518 g/mol. The number of carbonyl (C=O) groups excluding carboxylic acids is 2. The normalized spacial score (nSPS) is 19.2. The van der Waals surface area contributed by atoms with Gasteiger partial charge in [-0.1, -0.05) is 44.0 Å². The number of imide groups is 1. The number of halogens is 3. The molecule has 3 amide bonds. The summed E-state index contributed by atoms with van der Waals surface area (Å²) in [5.41, 5.74) is -1.62. The van der Waals surface area contributed by atoms with Crippen LogP contribution in [0, 0.1) is 5.82 Å². The van der Waals surface area contributed by atoms with E-state index in [0.29, 0.717) is 11.4 Å². The first kappa shape index (κ1) is 19.8. The van der Waals surface area contributed by atoms with Gasteiger partial charge in [0.15, 0.2) is 0 Å². The van der Waals surface area contributed by atoms with Gasteiger partial charge in [-0.3, -0.25) is 9.69 Å². The van der Waals surface area contributed by atoms with Gasteiger partial charge in [-0.15, -0.1) is 0 Å². The fourth-order valence-corrected chi connectivity index (χ4v) is 3.75. The first-order chi connectivity index (χ1) is 13.8. The van der Waals surface area contributed by atoms with E-state index in [1.807, 2.05) is 0 Å². The Labute approximate surface area is 182 Å². The van der Waals surface area contributed by atoms with Crippen molar-refractivity contribution in [1.29, 1.82) is 0 Å². The highest BCUT2D eigenvalue weighted by Crippen LogP contribution is 2.41. The van der Waals surface area contributed by atoms with E-state index in [4.69, 9.17) is 0 Å². The third-order valence-corrected chi connectivity index (χ3v) is 5.68. The predicted octanol–water partition coefficient (Wildman–Crippen LogP) is 5.17. The van der Waals surface area contributed by atoms with Crippen molar-refractivity contribution < 1.29 is 19.1 Å². The zero-order chi connectivity index (χ0) is 20.8. The molecule has 0 radical (unpaired) electrons. The number of rotatable bonds is 3. The molecule has 1 atom stereocenters. The lowest BCUT2D eigenvalue weighted by Gasteiger charge is -2.30. The van der Waals surface area contributed by atoms with Crippen LogP contribution in [0.1, 0.15) is 5.56 Å². The lowest BCUT2D eigenvalue weighted by atomic mass is 10.0. The van der Waals surface area contributed by atoms with Gasteiger partial charge in [-0.25, -0.2) is 14.1 Å². The van der Waals surface area contributed by atoms with Crippen molar-refractivity contribution in [3.05, 3.63) is 93.1 Å². The molecule has 3 aromatic rings. The molecule has 1 aliphatic heterocycles. The molecule has 5 nitrogen and oxygen atoms in total. The van der Waals surface area contributed by atoms with Gasteiger partial charge in [-0.2, -0.15) is 0 Å². The topological polar surface area (TPSA) is 60.9 Å². The number of urea groups is 1. The summed E-state index contributed by atoms with van der Waals surface area (Å²) in [5, 5.41) is 11.5. The van der Waals surface area contributed by atoms with Crippen LogP contribution in [-0.4, -0.2) is 17.0 Å². The third-order valence-electron chi connectivity index (χ3n) is 4.62. The fraction of sp³-hybridized carbons (Fsp3) is 0.0476. The molecule has 146 valence electrons. The molecule has 1 saturated heterocycles. The van der Waals surface area contributed by atoms with Gasteiger partial charge in [0, 0.05) is 20.2 Å². The highest BCUT2D eigenvalue weighted by molar-refractivity contribution is 9.10. The van der Waals surface area contributed by atoms with E-state index >= 15 is 0 Å². The second-order valence-electron chi connectivity index (χ2n) is 6.39. The van der Waals surface area contributed by atoms with Crippen molar-refractivity contribution in [2.45, 2.75) is 5.72 Å². The Morgan fingerprint density at radius 3 is 1.76 bits per heavy atom. The first-order valence-corrected chi connectivity index (χ1v) is 10.1. The summed E-state index contributed by atoms with van der Waals surface area (Å²) in [6.45, 7) is 0. The minimum absolute atomic E-state index is 0.0831. The molecule has 1 aliphatic rings. The zero-order valence-corrected chi connectivity index (χ0v) is 17.9. The average Bonchev–Trinajstić information content (AvgIpc) is 2.91. The van der Waals surface area contributed by atoms with Crippen LogP contribution in [0.25, 0.3) is 0 Å². The van der Waals surface area contributed by atoms with Gasteiger partial charge in [-0.05, 0) is 60.7 Å². The first-order valence-electron chi connectivity index (χ1n) is 8.50. The van der Waals surface area contributed by atoms with Gasteiger partial charge in [0.05, 0.1) is 5.69 Å². The van der Waals surface area contributed by atoms with Gasteiger partial charge in [0.1, 0.15) is 5.82 Å². The summed E-state index contributed by atoms with van der Waals surface area (Å²) in [5.74, 6) is -1.37. The molecule has 8 heteroatoms. The van der Waals surface area contributed by atoms with Gasteiger partial charge >= 0.3 is 6.03 Å². The summed E-state index contributed by atoms with van der Waals surface area (Å²) in [6, 6.07) is 17.3. The van der Waals surface area contributed by atoms with E-state index in [1.165, 1.54) is 12.1 Å². The van der Waals surface area contributed by atoms with Crippen molar-refractivity contribution in [2.75, 3.05) is 9.80 Å². The number of anilines is 2. The third kappa shape index (κ3) is 3.27. The quantitative estimate of drug-likeness (QED) is 0.486. The second-order valence-corrected chi connectivity index (χ2v) is 8.22. The summed E-state index contributed by atoms with van der Waals surface area (Å²) in [7, 11) is 0. The highest BCUT2D eigenvalue weighted by atomic mass is 79.9. The van der Waals surface area contributed by atoms with Crippen molar-refractivity contribution >= 4 is 55.2 Å². The molecule has 0 aromatic heterocycles. The van der Waals surface area contributed by atoms with Crippen LogP contribution in [0.3, 0.4) is 0 Å². The van der Waals surface area contributed by atoms with Crippen LogP contribution in [0.2, 0.25) is 0 Å². The molecule has 1 heterocycles. The Morgan fingerprint density at radius 2 is 1.24 bits per heavy atom. The number of nitrogens with zero attached hydrogens (tertiary/aromatic N) is 2. The van der Waals surface area contributed by atoms with Crippen LogP contribution in [-0.2, 0) is 10.5 Å². The number of aliphatic hydroxyl groups is 1. The molecule has 0 saturated carbocycles. The zero-order valence-electron chi connectivity index (χ0n) is 14.7. The van der Waals surface area contributed by atoms with Crippen LogP contribution in [0.5, 0.6) is 0 Å². The van der Waals surface area contributed by atoms with Crippen molar-refractivity contribution in [3.63, 3.8) is 0 Å². The maximum absolute atomic E-state index is 13.4. The number of hydrogen-bond acceptors (Lipinski definition) is 3. The second kappa shape index (κ2) is 7.37. The van der Waals surface area contributed by atoms with Crippen molar-refractivity contribution in [2.24, 2.45) is 0 Å². The Morgan fingerprint density at radius 1 is 0.759 bits per heavy atom. The molecule has 0 bridgehead atoms. The molecule has 1 fully saturated rings. The number of amides is 3. The van der Waals surface area contributed by atoms with E-state index in [0.717, 1.165) is 30.9 Å². The smallest absolute Gasteiger partial charge is 0.339 e. The minimum Gasteiger partial charge on any atom is -0.359 e. The summed E-state index contributed by atoms with van der Waals surface area (Å²) in [6.07, 6.45) is 0. The summed E-state index contributed by atoms with van der Waals surface area (Å²) in [4.78, 5) is 28.6. The fourth-order valence-electron chi connectivity index (χ4n) is 3.22. The maximum Gasteiger partial charge on any atom is 0.339 e. The van der Waals surface area contributed by atoms with Crippen LogP contribution in [0.4, 0.5) is 20.6 Å². The van der Waals surface area contributed by atoms with E-state index in [2.05, 4.69) is 31.9 Å². The van der Waals surface area contributed by atoms with E-state index in [-0.39, 0.29) is 5.56 Å². The lowest BCUT2D eigenvalue weighted by Crippen LogP contribution is -2.47. The van der Waals surface area contributed by atoms with E-state index < -0.39 is 23.5 Å². The number of benzene rings is 3. The number of carbonyl (C=O) groups is 2. The number of hydrogen-bond donors (Lipinski definition) is 1. The summed E-state index contributed by atoms with van der Waals surface area (Å²) >= 11 is 6.65. The molecular weight excluding hydrogens is 507 g/mol. The van der Waals surface area contributed by atoms with Crippen LogP contribution >= 0.6 is 31.9 Å². The minimum atomic E-state index is -2.33. The van der Waals surface area contributed by atoms with Crippen LogP contribution in [0.15, 0.2) is 81.7 Å². The molecule has 1 unspecified atom stereocenters. The molecule has 0 aliphatic carbocycles. The molecular formula is C21H13Br2FN2O3. The molecule has 1 N–H and O–H groups in total. The SMILES string of the molecule is O=C1N(c2ccc(Br)cc2)C(=O)C(O)(c2ccc(F)cc2)N1c1ccc(Br)cc1. The molecule has 0 spiro atoms. The van der Waals surface area contributed by atoms with Crippen molar-refractivity contribution in [3.8, 4) is 0 Å². The van der Waals surface area contributed by atoms with E-state index in [1.54, 1.807) is 48.5 Å². The van der Waals surface area contributed by atoms with E-state index in [9.17, 15) is 19.1 Å². The van der Waals surface area contributed by atoms with Gasteiger partial charge in [0.25, 0.3) is 11.6 Å². The Bertz CT molecular complexity index is 1090. The van der Waals surface area contributed by atoms with Crippen molar-refractivity contribution in [1.82, 2.24) is 0 Å². The highest BCUT2D eigenvalue weighted by Gasteiger charge is 2.59. The van der Waals surface area contributed by atoms with Gasteiger partial charge < -0.3 is 5.11 Å². The standard InChI is InChI=1S/C21H13Br2FN2O3/c22-14-3-9-17(10-4-14)25-19(27)21(29,13-1-7-16(24)8-2-13)26(20(25)28)18-11-5-15(23)6-12-18/h1-12,29H. The van der Waals surface area contributed by atoms with Gasteiger partial charge in [0.2, 0.25) is 0 Å². The van der Waals surface area contributed by atoms with Crippen LogP contribution < -0.4 is 9.80 Å². The Kier molecular flexibility index (Phi) is 5.02. The molecule has 29 heavy (non-hydrogen) atoms. The molecule has 3 aromatic carbocycles. The maximum atomic E-state index is 13.4. The molecule has 4 rings (SSSR count). The lowest BCUT2D eigenvalue weighted by molar-refractivity contribution is -0.133.